The maximum absolute atomic E-state index is 13.1. The highest BCUT2D eigenvalue weighted by atomic mass is 35.5. The fraction of sp³-hybridized carbons (Fsp3) is 0.192. The van der Waals surface area contributed by atoms with Gasteiger partial charge in [0.05, 0.1) is 17.9 Å². The number of benzene rings is 2. The summed E-state index contributed by atoms with van der Waals surface area (Å²) in [6.07, 6.45) is 0. The molecule has 0 aliphatic carbocycles. The number of amides is 2. The molecular formula is C26H23ClN4O6S2. The Balaban J connectivity index is 1.40. The number of rotatable bonds is 11. The molecule has 4 aromatic rings. The second-order valence-electron chi connectivity index (χ2n) is 7.84. The molecule has 0 saturated carbocycles. The normalized spacial score (nSPS) is 10.6. The fourth-order valence-corrected chi connectivity index (χ4v) is 5.12. The number of nitrogens with zero attached hydrogens (tertiary/aromatic N) is 2. The lowest BCUT2D eigenvalue weighted by atomic mass is 10.1. The van der Waals surface area contributed by atoms with E-state index in [-0.39, 0.29) is 45.5 Å². The summed E-state index contributed by atoms with van der Waals surface area (Å²) in [6, 6.07) is 15.7. The average Bonchev–Trinajstić information content (AvgIpc) is 3.51. The molecule has 10 nitrogen and oxygen atoms in total. The molecular weight excluding hydrogens is 564 g/mol. The van der Waals surface area contributed by atoms with Crippen LogP contribution in [0.1, 0.15) is 38.4 Å². The number of nitrogens with one attached hydrogen (secondary N) is 2. The fourth-order valence-electron chi connectivity index (χ4n) is 3.30. The SMILES string of the molecule is CCOC(=O)c1sc(NC(=O)CSc2nnc(COc3ccc(Cl)cc3)o2)c(C(=O)Nc2ccccc2)c1C. The quantitative estimate of drug-likeness (QED) is 0.164. The summed E-state index contributed by atoms with van der Waals surface area (Å²) in [4.78, 5) is 38.6. The van der Waals surface area contributed by atoms with Gasteiger partial charge in [-0.3, -0.25) is 9.59 Å². The predicted octanol–water partition coefficient (Wildman–Crippen LogP) is 5.83. The highest BCUT2D eigenvalue weighted by Gasteiger charge is 2.26. The van der Waals surface area contributed by atoms with Crippen LogP contribution in [0.3, 0.4) is 0 Å². The molecule has 0 unspecified atom stereocenters. The van der Waals surface area contributed by atoms with Gasteiger partial charge >= 0.3 is 5.97 Å². The van der Waals surface area contributed by atoms with Crippen LogP contribution in [-0.2, 0) is 16.1 Å². The van der Waals surface area contributed by atoms with Gasteiger partial charge in [-0.1, -0.05) is 41.6 Å². The van der Waals surface area contributed by atoms with Crippen molar-refractivity contribution < 1.29 is 28.3 Å². The number of aromatic nitrogens is 2. The van der Waals surface area contributed by atoms with E-state index in [0.29, 0.717) is 22.0 Å². The lowest BCUT2D eigenvalue weighted by Crippen LogP contribution is -2.18. The Labute approximate surface area is 237 Å². The number of hydrogen-bond acceptors (Lipinski definition) is 10. The molecule has 39 heavy (non-hydrogen) atoms. The molecule has 2 aromatic carbocycles. The van der Waals surface area contributed by atoms with E-state index in [1.807, 2.05) is 6.07 Å². The molecule has 0 fully saturated rings. The predicted molar refractivity (Wildman–Crippen MR) is 149 cm³/mol. The van der Waals surface area contributed by atoms with Crippen LogP contribution >= 0.6 is 34.7 Å². The number of esters is 1. The van der Waals surface area contributed by atoms with E-state index in [1.54, 1.807) is 62.4 Å². The standard InChI is InChI=1S/C26H23ClN4O6S2/c1-3-35-25(34)22-15(2)21(23(33)28-17-7-5-4-6-8-17)24(39-22)29-19(32)14-38-26-31-30-20(37-26)13-36-18-11-9-16(27)10-12-18/h4-12H,3,13-14H2,1-2H3,(H,28,33)(H,29,32). The van der Waals surface area contributed by atoms with Crippen LogP contribution in [0.2, 0.25) is 5.02 Å². The van der Waals surface area contributed by atoms with Crippen LogP contribution in [0.15, 0.2) is 64.2 Å². The van der Waals surface area contributed by atoms with E-state index < -0.39 is 17.8 Å². The average molecular weight is 587 g/mol. The molecule has 0 spiro atoms. The summed E-state index contributed by atoms with van der Waals surface area (Å²) >= 11 is 7.87. The topological polar surface area (TPSA) is 133 Å². The summed E-state index contributed by atoms with van der Waals surface area (Å²) in [5.74, 6) is -0.709. The lowest BCUT2D eigenvalue weighted by Gasteiger charge is -2.08. The highest BCUT2D eigenvalue weighted by molar-refractivity contribution is 7.99. The molecule has 4 rings (SSSR count). The third-order valence-electron chi connectivity index (χ3n) is 5.07. The molecule has 0 aliphatic heterocycles. The molecule has 2 amide bonds. The Morgan fingerprint density at radius 3 is 2.51 bits per heavy atom. The first kappa shape index (κ1) is 28.1. The number of halogens is 1. The van der Waals surface area contributed by atoms with Crippen LogP contribution in [0, 0.1) is 6.92 Å². The summed E-state index contributed by atoms with van der Waals surface area (Å²) in [5.41, 5.74) is 1.17. The van der Waals surface area contributed by atoms with Gasteiger partial charge in [0, 0.05) is 10.7 Å². The van der Waals surface area contributed by atoms with E-state index in [4.69, 9.17) is 25.5 Å². The number of hydrogen-bond donors (Lipinski definition) is 2. The molecule has 2 N–H and O–H groups in total. The van der Waals surface area contributed by atoms with E-state index in [9.17, 15) is 14.4 Å². The number of thioether (sulfide) groups is 1. The van der Waals surface area contributed by atoms with Crippen molar-refractivity contribution in [1.82, 2.24) is 10.2 Å². The Bertz CT molecular complexity index is 1460. The number of ether oxygens (including phenoxy) is 2. The Morgan fingerprint density at radius 2 is 1.79 bits per heavy atom. The van der Waals surface area contributed by atoms with E-state index >= 15 is 0 Å². The summed E-state index contributed by atoms with van der Waals surface area (Å²) in [6.45, 7) is 3.55. The van der Waals surface area contributed by atoms with Crippen LogP contribution in [0.25, 0.3) is 0 Å². The molecule has 0 bridgehead atoms. The zero-order valence-corrected chi connectivity index (χ0v) is 23.2. The zero-order valence-electron chi connectivity index (χ0n) is 20.9. The molecule has 0 aliphatic rings. The molecule has 13 heteroatoms. The van der Waals surface area contributed by atoms with Gasteiger partial charge < -0.3 is 24.5 Å². The van der Waals surface area contributed by atoms with Crippen molar-refractivity contribution in [2.45, 2.75) is 25.7 Å². The van der Waals surface area contributed by atoms with Crippen LogP contribution in [-0.4, -0.2) is 40.3 Å². The van der Waals surface area contributed by atoms with Gasteiger partial charge in [0.1, 0.15) is 15.6 Å². The first-order valence-corrected chi connectivity index (χ1v) is 13.8. The maximum atomic E-state index is 13.1. The first-order chi connectivity index (χ1) is 18.8. The molecule has 2 aromatic heterocycles. The van der Waals surface area contributed by atoms with Crippen LogP contribution < -0.4 is 15.4 Å². The Morgan fingerprint density at radius 1 is 1.05 bits per heavy atom. The third kappa shape index (κ3) is 7.59. The van der Waals surface area contributed by atoms with Crippen molar-refractivity contribution in [2.24, 2.45) is 0 Å². The summed E-state index contributed by atoms with van der Waals surface area (Å²) in [7, 11) is 0. The van der Waals surface area contributed by atoms with Crippen molar-refractivity contribution in [3.8, 4) is 5.75 Å². The summed E-state index contributed by atoms with van der Waals surface area (Å²) < 4.78 is 16.2. The second kappa shape index (κ2) is 13.3. The second-order valence-corrected chi connectivity index (χ2v) is 10.2. The maximum Gasteiger partial charge on any atom is 0.348 e. The van der Waals surface area contributed by atoms with Crippen molar-refractivity contribution in [3.05, 3.63) is 81.5 Å². The number of carbonyl (C=O) groups is 3. The molecule has 0 saturated heterocycles. The van der Waals surface area contributed by atoms with Crippen molar-refractivity contribution in [3.63, 3.8) is 0 Å². The van der Waals surface area contributed by atoms with E-state index in [2.05, 4.69) is 20.8 Å². The number of para-hydroxylation sites is 1. The molecule has 2 heterocycles. The van der Waals surface area contributed by atoms with Crippen molar-refractivity contribution in [2.75, 3.05) is 23.0 Å². The minimum atomic E-state index is -0.567. The smallest absolute Gasteiger partial charge is 0.348 e. The highest BCUT2D eigenvalue weighted by Crippen LogP contribution is 2.34. The van der Waals surface area contributed by atoms with Gasteiger partial charge in [-0.25, -0.2) is 4.79 Å². The number of thiophene rings is 1. The largest absolute Gasteiger partial charge is 0.484 e. The van der Waals surface area contributed by atoms with Crippen LogP contribution in [0.4, 0.5) is 10.7 Å². The molecule has 202 valence electrons. The van der Waals surface area contributed by atoms with Crippen molar-refractivity contribution >= 4 is 63.2 Å². The lowest BCUT2D eigenvalue weighted by molar-refractivity contribution is -0.113. The minimum Gasteiger partial charge on any atom is -0.484 e. The van der Waals surface area contributed by atoms with Gasteiger partial charge in [-0.15, -0.1) is 21.5 Å². The van der Waals surface area contributed by atoms with Crippen molar-refractivity contribution in [1.29, 1.82) is 0 Å². The number of anilines is 2. The molecule has 0 radical (unpaired) electrons. The molecule has 0 atom stereocenters. The Hall–Kier alpha value is -3.87. The van der Waals surface area contributed by atoms with Gasteiger partial charge in [-0.05, 0) is 55.8 Å². The zero-order chi connectivity index (χ0) is 27.8. The van der Waals surface area contributed by atoms with Gasteiger partial charge in [0.15, 0.2) is 6.61 Å². The first-order valence-electron chi connectivity index (χ1n) is 11.6. The van der Waals surface area contributed by atoms with Gasteiger partial charge in [0.2, 0.25) is 5.91 Å². The number of carbonyl (C=O) groups excluding carboxylic acids is 3. The van der Waals surface area contributed by atoms with Crippen LogP contribution in [0.5, 0.6) is 5.75 Å². The summed E-state index contributed by atoms with van der Waals surface area (Å²) in [5, 5.41) is 14.4. The van der Waals surface area contributed by atoms with Gasteiger partial charge in [0.25, 0.3) is 17.0 Å². The third-order valence-corrected chi connectivity index (χ3v) is 7.33. The van der Waals surface area contributed by atoms with E-state index in [0.717, 1.165) is 23.1 Å². The minimum absolute atomic E-state index is 0.0480. The monoisotopic (exact) mass is 586 g/mol. The van der Waals surface area contributed by atoms with E-state index in [1.165, 1.54) is 0 Å². The van der Waals surface area contributed by atoms with Gasteiger partial charge in [-0.2, -0.15) is 0 Å². The Kier molecular flexibility index (Phi) is 9.58.